The Kier molecular flexibility index (Phi) is 3.45. The first-order chi connectivity index (χ1) is 11.2. The third kappa shape index (κ3) is 2.44. The lowest BCUT2D eigenvalue weighted by atomic mass is 10.1. The molecule has 1 aliphatic heterocycles. The molecule has 4 rings (SSSR count). The average molecular weight is 314 g/mol. The summed E-state index contributed by atoms with van der Waals surface area (Å²) in [6.45, 7) is 1.39. The van der Waals surface area contributed by atoms with Crippen LogP contribution in [0.4, 0.5) is 5.82 Å². The molecule has 8 heteroatoms. The number of ether oxygens (including phenoxy) is 1. The molecule has 1 atom stereocenters. The maximum Gasteiger partial charge on any atom is 0.274 e. The maximum absolute atomic E-state index is 12.8. The number of morpholine rings is 1. The van der Waals surface area contributed by atoms with Crippen molar-refractivity contribution in [3.8, 4) is 0 Å². The SMILES string of the molecule is Nc1nccnc1C1CN(C(=O)c2n[nH]c3c2CCC3)CCO1. The number of carbonyl (C=O) groups is 1. The van der Waals surface area contributed by atoms with Crippen LogP contribution >= 0.6 is 0 Å². The van der Waals surface area contributed by atoms with E-state index in [9.17, 15) is 4.79 Å². The normalized spacial score (nSPS) is 20.5. The molecule has 0 bridgehead atoms. The monoisotopic (exact) mass is 314 g/mol. The van der Waals surface area contributed by atoms with E-state index in [1.165, 1.54) is 6.20 Å². The minimum Gasteiger partial charge on any atom is -0.382 e. The first kappa shape index (κ1) is 14.1. The van der Waals surface area contributed by atoms with Crippen LogP contribution in [0.3, 0.4) is 0 Å². The highest BCUT2D eigenvalue weighted by Gasteiger charge is 2.32. The van der Waals surface area contributed by atoms with Crippen molar-refractivity contribution in [3.05, 3.63) is 35.0 Å². The smallest absolute Gasteiger partial charge is 0.274 e. The first-order valence-corrected chi connectivity index (χ1v) is 7.77. The molecule has 2 aliphatic rings. The first-order valence-electron chi connectivity index (χ1n) is 7.77. The number of nitrogens with one attached hydrogen (secondary N) is 1. The number of amides is 1. The van der Waals surface area contributed by atoms with Crippen LogP contribution in [0, 0.1) is 0 Å². The van der Waals surface area contributed by atoms with E-state index in [0.717, 1.165) is 30.5 Å². The molecule has 0 saturated carbocycles. The molecule has 2 aromatic rings. The Morgan fingerprint density at radius 3 is 3.09 bits per heavy atom. The van der Waals surface area contributed by atoms with Gasteiger partial charge < -0.3 is 15.4 Å². The Morgan fingerprint density at radius 1 is 1.35 bits per heavy atom. The lowest BCUT2D eigenvalue weighted by molar-refractivity contribution is -0.0247. The number of aromatic nitrogens is 4. The highest BCUT2D eigenvalue weighted by molar-refractivity contribution is 5.94. The van der Waals surface area contributed by atoms with Gasteiger partial charge in [-0.3, -0.25) is 14.9 Å². The number of nitrogens with two attached hydrogens (primary N) is 1. The number of hydrogen-bond acceptors (Lipinski definition) is 6. The molecule has 1 aliphatic carbocycles. The molecular formula is C15H18N6O2. The van der Waals surface area contributed by atoms with Crippen LogP contribution < -0.4 is 5.73 Å². The fourth-order valence-corrected chi connectivity index (χ4v) is 3.25. The van der Waals surface area contributed by atoms with Crippen molar-refractivity contribution >= 4 is 11.7 Å². The van der Waals surface area contributed by atoms with E-state index in [0.29, 0.717) is 36.9 Å². The summed E-state index contributed by atoms with van der Waals surface area (Å²) in [7, 11) is 0. The molecule has 0 radical (unpaired) electrons. The fraction of sp³-hybridized carbons (Fsp3) is 0.467. The van der Waals surface area contributed by atoms with Crippen LogP contribution in [0.2, 0.25) is 0 Å². The van der Waals surface area contributed by atoms with Gasteiger partial charge in [0.15, 0.2) is 5.69 Å². The van der Waals surface area contributed by atoms with E-state index < -0.39 is 0 Å². The molecule has 8 nitrogen and oxygen atoms in total. The lowest BCUT2D eigenvalue weighted by Crippen LogP contribution is -2.43. The standard InChI is InChI=1S/C15H18N6O2/c16-14-13(17-4-5-18-14)11-8-21(6-7-23-11)15(22)12-9-2-1-3-10(9)19-20-12/h4-5,11H,1-3,6-8H2,(H2,16,18)(H,19,20). The lowest BCUT2D eigenvalue weighted by Gasteiger charge is -2.32. The molecule has 0 aromatic carbocycles. The van der Waals surface area contributed by atoms with Crippen LogP contribution in [0.15, 0.2) is 12.4 Å². The number of nitrogens with zero attached hydrogens (tertiary/aromatic N) is 4. The third-order valence-electron chi connectivity index (χ3n) is 4.42. The summed E-state index contributed by atoms with van der Waals surface area (Å²) in [6, 6.07) is 0. The van der Waals surface area contributed by atoms with E-state index in [1.54, 1.807) is 11.1 Å². The second-order valence-corrected chi connectivity index (χ2v) is 5.82. The number of aryl methyl sites for hydroxylation is 1. The van der Waals surface area contributed by atoms with E-state index in [1.807, 2.05) is 0 Å². The summed E-state index contributed by atoms with van der Waals surface area (Å²) in [6.07, 6.45) is 5.73. The molecule has 120 valence electrons. The van der Waals surface area contributed by atoms with Gasteiger partial charge in [0.2, 0.25) is 0 Å². The molecule has 0 spiro atoms. The highest BCUT2D eigenvalue weighted by Crippen LogP contribution is 2.27. The molecule has 1 saturated heterocycles. The van der Waals surface area contributed by atoms with E-state index in [-0.39, 0.29) is 12.0 Å². The molecule has 3 heterocycles. The zero-order valence-corrected chi connectivity index (χ0v) is 12.7. The van der Waals surface area contributed by atoms with Gasteiger partial charge in [-0.1, -0.05) is 0 Å². The van der Waals surface area contributed by atoms with Gasteiger partial charge in [0.25, 0.3) is 5.91 Å². The summed E-state index contributed by atoms with van der Waals surface area (Å²) in [5.41, 5.74) is 9.15. The Morgan fingerprint density at radius 2 is 2.22 bits per heavy atom. The number of fused-ring (bicyclic) bond motifs is 1. The van der Waals surface area contributed by atoms with Crippen molar-refractivity contribution in [3.63, 3.8) is 0 Å². The van der Waals surface area contributed by atoms with Crippen LogP contribution in [0.1, 0.15) is 40.0 Å². The van der Waals surface area contributed by atoms with Gasteiger partial charge in [-0.05, 0) is 19.3 Å². The van der Waals surface area contributed by atoms with Crippen molar-refractivity contribution in [1.82, 2.24) is 25.1 Å². The molecule has 3 N–H and O–H groups in total. The molecule has 23 heavy (non-hydrogen) atoms. The number of anilines is 1. The van der Waals surface area contributed by atoms with Gasteiger partial charge in [-0.2, -0.15) is 5.10 Å². The Balaban J connectivity index is 1.55. The summed E-state index contributed by atoms with van der Waals surface area (Å²) >= 11 is 0. The van der Waals surface area contributed by atoms with E-state index >= 15 is 0 Å². The minimum atomic E-state index is -0.353. The van der Waals surface area contributed by atoms with Crippen LogP contribution in [0.5, 0.6) is 0 Å². The topological polar surface area (TPSA) is 110 Å². The molecule has 1 unspecified atom stereocenters. The quantitative estimate of drug-likeness (QED) is 0.834. The van der Waals surface area contributed by atoms with Crippen molar-refractivity contribution in [2.75, 3.05) is 25.4 Å². The zero-order chi connectivity index (χ0) is 15.8. The van der Waals surface area contributed by atoms with Crippen LogP contribution in [-0.4, -0.2) is 50.7 Å². The summed E-state index contributed by atoms with van der Waals surface area (Å²) in [5.74, 6) is 0.285. The van der Waals surface area contributed by atoms with E-state index in [4.69, 9.17) is 10.5 Å². The van der Waals surface area contributed by atoms with Gasteiger partial charge in [-0.15, -0.1) is 0 Å². The highest BCUT2D eigenvalue weighted by atomic mass is 16.5. The number of carbonyl (C=O) groups excluding carboxylic acids is 1. The Labute approximate surface area is 133 Å². The van der Waals surface area contributed by atoms with Crippen molar-refractivity contribution in [1.29, 1.82) is 0 Å². The number of rotatable bonds is 2. The fourth-order valence-electron chi connectivity index (χ4n) is 3.25. The van der Waals surface area contributed by atoms with Gasteiger partial charge in [-0.25, -0.2) is 4.98 Å². The number of aromatic amines is 1. The number of hydrogen-bond donors (Lipinski definition) is 2. The van der Waals surface area contributed by atoms with Gasteiger partial charge in [0.05, 0.1) is 13.2 Å². The summed E-state index contributed by atoms with van der Waals surface area (Å²) in [5, 5.41) is 7.21. The van der Waals surface area contributed by atoms with Gasteiger partial charge >= 0.3 is 0 Å². The average Bonchev–Trinajstić information content (AvgIpc) is 3.18. The van der Waals surface area contributed by atoms with Crippen molar-refractivity contribution in [2.45, 2.75) is 25.4 Å². The van der Waals surface area contributed by atoms with Crippen LogP contribution in [-0.2, 0) is 17.6 Å². The summed E-state index contributed by atoms with van der Waals surface area (Å²) in [4.78, 5) is 22.8. The molecule has 2 aromatic heterocycles. The summed E-state index contributed by atoms with van der Waals surface area (Å²) < 4.78 is 5.73. The third-order valence-corrected chi connectivity index (χ3v) is 4.42. The zero-order valence-electron chi connectivity index (χ0n) is 12.7. The second-order valence-electron chi connectivity index (χ2n) is 5.82. The number of nitrogen functional groups attached to an aromatic ring is 1. The predicted octanol–water partition coefficient (Wildman–Crippen LogP) is 0.484. The molecule has 1 fully saturated rings. The predicted molar refractivity (Wildman–Crippen MR) is 81.7 cm³/mol. The second kappa shape index (κ2) is 5.62. The Bertz CT molecular complexity index is 743. The van der Waals surface area contributed by atoms with Crippen LogP contribution in [0.25, 0.3) is 0 Å². The van der Waals surface area contributed by atoms with Gasteiger partial charge in [0.1, 0.15) is 17.6 Å². The van der Waals surface area contributed by atoms with Crippen molar-refractivity contribution < 1.29 is 9.53 Å². The van der Waals surface area contributed by atoms with Gasteiger partial charge in [0, 0.05) is 30.2 Å². The number of H-pyrrole nitrogens is 1. The Hall–Kier alpha value is -2.48. The largest absolute Gasteiger partial charge is 0.382 e. The minimum absolute atomic E-state index is 0.0554. The molecular weight excluding hydrogens is 296 g/mol. The van der Waals surface area contributed by atoms with E-state index in [2.05, 4.69) is 20.2 Å². The molecule has 1 amide bonds. The van der Waals surface area contributed by atoms with Crippen molar-refractivity contribution in [2.24, 2.45) is 0 Å². The maximum atomic E-state index is 12.8.